The molecule has 240 valence electrons. The molecular weight excluding hydrogens is 989 g/mol. The van der Waals surface area contributed by atoms with Gasteiger partial charge in [0.15, 0.2) is 13.0 Å². The zero-order valence-electron chi connectivity index (χ0n) is 18.9. The van der Waals surface area contributed by atoms with Gasteiger partial charge in [-0.1, -0.05) is 244 Å². The molecule has 0 unspecified atom stereocenters. The maximum Gasteiger partial charge on any atom is 0.226 e. The standard InChI is InChI=1S/C19H11Cl21O/c20-11(21,14(26,27)17(32,33)34)7-5-9(12(22,23)15(28,29)18(35,36)37)8(3-1-2-4-41)10(6-7)13(24,25)16(30,31)19(38,39)40/h5-6,41H,1-4H2. The van der Waals surface area contributed by atoms with Gasteiger partial charge in [-0.2, -0.15) is 0 Å². The molecule has 0 aromatic heterocycles. The first-order chi connectivity index (χ1) is 17.8. The summed E-state index contributed by atoms with van der Waals surface area (Å²) in [5.74, 6) is 0. The summed E-state index contributed by atoms with van der Waals surface area (Å²) in [5, 5.41) is 9.40. The van der Waals surface area contributed by atoms with Crippen molar-refractivity contribution in [1.29, 1.82) is 0 Å². The molecule has 41 heavy (non-hydrogen) atoms. The van der Waals surface area contributed by atoms with Crippen molar-refractivity contribution in [3.63, 3.8) is 0 Å². The molecule has 1 aromatic carbocycles. The molecule has 22 heteroatoms. The predicted octanol–water partition coefficient (Wildman–Crippen LogP) is 14.5. The highest BCUT2D eigenvalue weighted by Crippen LogP contribution is 2.67. The minimum Gasteiger partial charge on any atom is -0.396 e. The lowest BCUT2D eigenvalue weighted by Crippen LogP contribution is -2.49. The molecule has 1 rings (SSSR count). The van der Waals surface area contributed by atoms with E-state index in [4.69, 9.17) is 244 Å². The van der Waals surface area contributed by atoms with E-state index >= 15 is 0 Å². The van der Waals surface area contributed by atoms with Crippen LogP contribution in [0.2, 0.25) is 0 Å². The fourth-order valence-electron chi connectivity index (χ4n) is 3.15. The molecule has 0 amide bonds. The molecular formula is C19H11Cl21O. The van der Waals surface area contributed by atoms with Gasteiger partial charge >= 0.3 is 0 Å². The molecule has 0 saturated heterocycles. The number of halogens is 21. The second-order valence-electron chi connectivity index (χ2n) is 8.17. The minimum absolute atomic E-state index is 0.00446. The SMILES string of the molecule is OCCCCc1c(C(Cl)(Cl)C(Cl)(Cl)C(Cl)(Cl)Cl)cc(C(Cl)(Cl)C(Cl)(Cl)C(Cl)(Cl)Cl)cc1C(Cl)(Cl)C(Cl)(Cl)C(Cl)(Cl)Cl. The van der Waals surface area contributed by atoms with Crippen molar-refractivity contribution in [3.05, 3.63) is 34.4 Å². The molecule has 1 nitrogen and oxygen atoms in total. The van der Waals surface area contributed by atoms with E-state index in [1.807, 2.05) is 0 Å². The van der Waals surface area contributed by atoms with E-state index in [-0.39, 0.29) is 48.1 Å². The molecule has 0 aliphatic heterocycles. The third-order valence-corrected chi connectivity index (χ3v) is 17.2. The first-order valence-electron chi connectivity index (χ1n) is 10.0. The molecule has 0 heterocycles. The normalized spacial score (nSPS) is 15.5. The van der Waals surface area contributed by atoms with Crippen molar-refractivity contribution in [2.45, 2.75) is 56.6 Å². The van der Waals surface area contributed by atoms with Crippen molar-refractivity contribution in [1.82, 2.24) is 0 Å². The third kappa shape index (κ3) is 8.78. The Hall–Kier alpha value is 5.27. The lowest BCUT2D eigenvalue weighted by Gasteiger charge is -2.44. The Morgan fingerprint density at radius 3 is 1.00 bits per heavy atom. The van der Waals surface area contributed by atoms with Crippen LogP contribution in [0.4, 0.5) is 0 Å². The summed E-state index contributed by atoms with van der Waals surface area (Å²) < 4.78 is -23.4. The van der Waals surface area contributed by atoms with Gasteiger partial charge in [0, 0.05) is 6.61 Å². The van der Waals surface area contributed by atoms with Gasteiger partial charge in [-0.3, -0.25) is 0 Å². The largest absolute Gasteiger partial charge is 0.396 e. The summed E-state index contributed by atoms with van der Waals surface area (Å²) in [6.45, 7) is -0.231. The fraction of sp³-hybridized carbons (Fsp3) is 0.684. The third-order valence-electron chi connectivity index (χ3n) is 5.37. The zero-order chi connectivity index (χ0) is 33.1. The number of alkyl halides is 21. The van der Waals surface area contributed by atoms with Crippen LogP contribution in [0.5, 0.6) is 0 Å². The monoisotopic (exact) mass is 989 g/mol. The Bertz CT molecular complexity index is 1020. The Morgan fingerprint density at radius 1 is 0.439 bits per heavy atom. The van der Waals surface area contributed by atoms with Crippen molar-refractivity contribution in [2.24, 2.45) is 0 Å². The molecule has 1 N–H and O–H groups in total. The van der Waals surface area contributed by atoms with Gasteiger partial charge in [-0.05, 0) is 53.6 Å². The minimum atomic E-state index is -2.65. The Kier molecular flexibility index (Phi) is 16.1. The second-order valence-corrected chi connectivity index (χ2v) is 23.0. The highest BCUT2D eigenvalue weighted by Gasteiger charge is 2.66. The van der Waals surface area contributed by atoms with Gasteiger partial charge in [0.1, 0.15) is 0 Å². The quantitative estimate of drug-likeness (QED) is 0.183. The van der Waals surface area contributed by atoms with Crippen LogP contribution in [0, 0.1) is 0 Å². The lowest BCUT2D eigenvalue weighted by atomic mass is 9.87. The smallest absolute Gasteiger partial charge is 0.226 e. The van der Waals surface area contributed by atoms with E-state index in [0.29, 0.717) is 0 Å². The Balaban J connectivity index is 4.53. The van der Waals surface area contributed by atoms with E-state index < -0.39 is 37.4 Å². The Labute approximate surface area is 341 Å². The topological polar surface area (TPSA) is 20.2 Å². The first kappa shape index (κ1) is 44.3. The lowest BCUT2D eigenvalue weighted by molar-refractivity contribution is 0.284. The van der Waals surface area contributed by atoms with E-state index in [2.05, 4.69) is 0 Å². The van der Waals surface area contributed by atoms with E-state index in [1.54, 1.807) is 0 Å². The number of hydrogen-bond donors (Lipinski definition) is 1. The highest BCUT2D eigenvalue weighted by atomic mass is 35.6. The molecule has 1 aromatic rings. The number of hydrogen-bond acceptors (Lipinski definition) is 1. The van der Waals surface area contributed by atoms with Crippen LogP contribution in [0.3, 0.4) is 0 Å². The maximum atomic E-state index is 9.40. The zero-order valence-corrected chi connectivity index (χ0v) is 34.7. The summed E-state index contributed by atoms with van der Waals surface area (Å²) in [7, 11) is 0. The van der Waals surface area contributed by atoms with Gasteiger partial charge in [-0.25, -0.2) is 0 Å². The molecule has 0 saturated carbocycles. The average Bonchev–Trinajstić information content (AvgIpc) is 2.76. The van der Waals surface area contributed by atoms with Crippen LogP contribution in [0.15, 0.2) is 12.1 Å². The first-order valence-corrected chi connectivity index (χ1v) is 18.0. The number of unbranched alkanes of at least 4 members (excludes halogenated alkanes) is 1. The molecule has 0 aliphatic rings. The van der Waals surface area contributed by atoms with Crippen LogP contribution in [-0.2, 0) is 19.4 Å². The van der Waals surface area contributed by atoms with Crippen molar-refractivity contribution in [2.75, 3.05) is 6.61 Å². The number of aliphatic hydroxyl groups excluding tert-OH is 1. The summed E-state index contributed by atoms with van der Waals surface area (Å²) in [5.41, 5.74) is -0.960. The molecule has 0 spiro atoms. The molecule has 0 radical (unpaired) electrons. The summed E-state index contributed by atoms with van der Waals surface area (Å²) in [4.78, 5) is 0. The van der Waals surface area contributed by atoms with Gasteiger partial charge in [-0.15, -0.1) is 0 Å². The van der Waals surface area contributed by atoms with Crippen molar-refractivity contribution < 1.29 is 5.11 Å². The van der Waals surface area contributed by atoms with Crippen molar-refractivity contribution in [3.8, 4) is 0 Å². The molecule has 0 aliphatic carbocycles. The number of rotatable bonds is 10. The van der Waals surface area contributed by atoms with Crippen molar-refractivity contribution >= 4 is 244 Å². The summed E-state index contributed by atoms with van der Waals surface area (Å²) in [6.07, 6.45) is 0.394. The number of aliphatic hydroxyl groups is 1. The van der Waals surface area contributed by atoms with Crippen LogP contribution in [0.1, 0.15) is 35.1 Å². The summed E-state index contributed by atoms with van der Waals surface area (Å²) >= 11 is 133. The highest BCUT2D eigenvalue weighted by molar-refractivity contribution is 6.80. The summed E-state index contributed by atoms with van der Waals surface area (Å²) in [6, 6.07) is 2.21. The van der Waals surface area contributed by atoms with Crippen LogP contribution in [-0.4, -0.2) is 36.1 Å². The molecule has 0 atom stereocenters. The fourth-order valence-corrected chi connectivity index (χ4v) is 7.66. The second kappa shape index (κ2) is 14.9. The predicted molar refractivity (Wildman–Crippen MR) is 191 cm³/mol. The van der Waals surface area contributed by atoms with E-state index in [1.165, 1.54) is 0 Å². The van der Waals surface area contributed by atoms with Crippen LogP contribution < -0.4 is 0 Å². The number of benzene rings is 1. The van der Waals surface area contributed by atoms with Crippen LogP contribution in [0.25, 0.3) is 0 Å². The average molecular weight is 1000 g/mol. The van der Waals surface area contributed by atoms with Gasteiger partial charge in [0.05, 0.1) is 0 Å². The maximum absolute atomic E-state index is 9.40. The molecule has 0 bridgehead atoms. The van der Waals surface area contributed by atoms with E-state index in [0.717, 1.165) is 12.1 Å². The van der Waals surface area contributed by atoms with E-state index in [9.17, 15) is 5.11 Å². The van der Waals surface area contributed by atoms with Gasteiger partial charge < -0.3 is 5.11 Å². The van der Waals surface area contributed by atoms with Gasteiger partial charge in [0.25, 0.3) is 0 Å². The Morgan fingerprint density at radius 2 is 0.732 bits per heavy atom. The van der Waals surface area contributed by atoms with Gasteiger partial charge in [0.2, 0.25) is 24.4 Å². The molecule has 0 fully saturated rings. The van der Waals surface area contributed by atoms with Crippen LogP contribution >= 0.6 is 244 Å².